The Hall–Kier alpha value is -1.16. The van der Waals surface area contributed by atoms with Gasteiger partial charge in [-0.1, -0.05) is 46.3 Å². The zero-order valence-electron chi connectivity index (χ0n) is 8.67. The van der Waals surface area contributed by atoms with Gasteiger partial charge in [-0.05, 0) is 18.4 Å². The van der Waals surface area contributed by atoms with E-state index in [-0.39, 0.29) is 10.8 Å². The molecule has 0 fully saturated rings. The minimum atomic E-state index is -0.275. The second-order valence-electron chi connectivity index (χ2n) is 3.88. The third kappa shape index (κ3) is 2.32. The Morgan fingerprint density at radius 2 is 2.25 bits per heavy atom. The van der Waals surface area contributed by atoms with E-state index in [1.54, 1.807) is 12.2 Å². The number of halogens is 1. The number of rotatable bonds is 2. The van der Waals surface area contributed by atoms with Crippen LogP contribution in [0.5, 0.6) is 0 Å². The van der Waals surface area contributed by atoms with Crippen LogP contribution >= 0.6 is 15.9 Å². The molecular weight excluding hydrogens is 270 g/mol. The summed E-state index contributed by atoms with van der Waals surface area (Å²) in [5, 5.41) is 10.9. The number of nitro groups is 1. The molecule has 0 spiro atoms. The summed E-state index contributed by atoms with van der Waals surface area (Å²) in [5.41, 5.74) is 1.36. The molecule has 2 aliphatic carbocycles. The maximum Gasteiger partial charge on any atom is 0.253 e. The Morgan fingerprint density at radius 3 is 2.88 bits per heavy atom. The van der Waals surface area contributed by atoms with Crippen LogP contribution in [0.15, 0.2) is 47.7 Å². The molecular formula is C12H12BrNO2. The van der Waals surface area contributed by atoms with E-state index in [2.05, 4.69) is 22.0 Å². The Bertz CT molecular complexity index is 421. The van der Waals surface area contributed by atoms with E-state index in [0.717, 1.165) is 18.4 Å². The van der Waals surface area contributed by atoms with Crippen molar-refractivity contribution in [2.45, 2.75) is 17.7 Å². The smallest absolute Gasteiger partial charge is 0.253 e. The minimum absolute atomic E-state index is 0.0868. The third-order valence-electron chi connectivity index (χ3n) is 2.82. The van der Waals surface area contributed by atoms with Gasteiger partial charge in [0, 0.05) is 10.9 Å². The average molecular weight is 282 g/mol. The molecule has 0 aromatic heterocycles. The predicted molar refractivity (Wildman–Crippen MR) is 66.9 cm³/mol. The molecule has 0 aromatic carbocycles. The number of nitrogens with zero attached hydrogens (tertiary/aromatic N) is 1. The fourth-order valence-corrected chi connectivity index (χ4v) is 2.32. The van der Waals surface area contributed by atoms with E-state index in [9.17, 15) is 10.1 Å². The largest absolute Gasteiger partial charge is 0.259 e. The standard InChI is InChI=1S/C12H12BrNO2/c13-10-7-5-9(6-8-10)11-3-1-2-4-12(11)14(15)16/h1-2,4-7,10-11H,3,8H2. The highest BCUT2D eigenvalue weighted by Crippen LogP contribution is 2.32. The fourth-order valence-electron chi connectivity index (χ4n) is 1.98. The van der Waals surface area contributed by atoms with Gasteiger partial charge in [-0.3, -0.25) is 10.1 Å². The fraction of sp³-hybridized carbons (Fsp3) is 0.333. The van der Waals surface area contributed by atoms with Crippen LogP contribution in [0.25, 0.3) is 0 Å². The molecule has 0 radical (unpaired) electrons. The molecule has 0 bridgehead atoms. The summed E-state index contributed by atoms with van der Waals surface area (Å²) in [6.45, 7) is 0. The molecule has 0 aliphatic heterocycles. The zero-order valence-corrected chi connectivity index (χ0v) is 10.3. The Balaban J connectivity index is 2.22. The highest BCUT2D eigenvalue weighted by atomic mass is 79.9. The molecule has 2 unspecified atom stereocenters. The molecule has 2 atom stereocenters. The maximum absolute atomic E-state index is 10.9. The van der Waals surface area contributed by atoms with Crippen molar-refractivity contribution < 1.29 is 4.92 Å². The summed E-state index contributed by atoms with van der Waals surface area (Å²) in [6, 6.07) is 0. The van der Waals surface area contributed by atoms with Gasteiger partial charge in [0.15, 0.2) is 0 Å². The van der Waals surface area contributed by atoms with Crippen LogP contribution in [0.3, 0.4) is 0 Å². The summed E-state index contributed by atoms with van der Waals surface area (Å²) in [6.07, 6.45) is 13.1. The van der Waals surface area contributed by atoms with Crippen LogP contribution in [-0.2, 0) is 0 Å². The van der Waals surface area contributed by atoms with E-state index < -0.39 is 0 Å². The summed E-state index contributed by atoms with van der Waals surface area (Å²) >= 11 is 3.49. The first-order valence-corrected chi connectivity index (χ1v) is 6.13. The molecule has 4 heteroatoms. The quantitative estimate of drug-likeness (QED) is 0.442. The van der Waals surface area contributed by atoms with Crippen LogP contribution in [0, 0.1) is 16.0 Å². The topological polar surface area (TPSA) is 43.1 Å². The SMILES string of the molecule is O=[N+]([O-])C1=CC=CCC1C1=CCC(Br)C=C1. The first-order chi connectivity index (χ1) is 7.68. The van der Waals surface area contributed by atoms with E-state index >= 15 is 0 Å². The Morgan fingerprint density at radius 1 is 1.44 bits per heavy atom. The molecule has 0 saturated carbocycles. The van der Waals surface area contributed by atoms with E-state index in [0.29, 0.717) is 10.5 Å². The molecule has 0 saturated heterocycles. The second kappa shape index (κ2) is 4.78. The van der Waals surface area contributed by atoms with Gasteiger partial charge in [-0.2, -0.15) is 0 Å². The average Bonchev–Trinajstić information content (AvgIpc) is 2.30. The highest BCUT2D eigenvalue weighted by Gasteiger charge is 2.28. The van der Waals surface area contributed by atoms with Gasteiger partial charge in [-0.15, -0.1) is 0 Å². The minimum Gasteiger partial charge on any atom is -0.259 e. The van der Waals surface area contributed by atoms with Gasteiger partial charge < -0.3 is 0 Å². The summed E-state index contributed by atoms with van der Waals surface area (Å²) in [5.74, 6) is -0.0868. The van der Waals surface area contributed by atoms with Crippen molar-refractivity contribution in [1.29, 1.82) is 0 Å². The molecule has 0 aromatic rings. The van der Waals surface area contributed by atoms with Crippen LogP contribution in [0.2, 0.25) is 0 Å². The lowest BCUT2D eigenvalue weighted by atomic mass is 9.86. The predicted octanol–water partition coefficient (Wildman–Crippen LogP) is 3.37. The Labute approximate surface area is 103 Å². The van der Waals surface area contributed by atoms with Crippen LogP contribution in [-0.4, -0.2) is 9.75 Å². The van der Waals surface area contributed by atoms with Crippen LogP contribution in [0.4, 0.5) is 0 Å². The van der Waals surface area contributed by atoms with Crippen molar-refractivity contribution in [3.05, 3.63) is 57.8 Å². The lowest BCUT2D eigenvalue weighted by Crippen LogP contribution is -2.16. The number of hydrogen-bond donors (Lipinski definition) is 0. The second-order valence-corrected chi connectivity index (χ2v) is 5.06. The van der Waals surface area contributed by atoms with Crippen molar-refractivity contribution in [3.63, 3.8) is 0 Å². The number of allylic oxidation sites excluding steroid dienone is 7. The number of hydrogen-bond acceptors (Lipinski definition) is 2. The molecule has 84 valence electrons. The first kappa shape index (κ1) is 11.3. The third-order valence-corrected chi connectivity index (χ3v) is 3.50. The van der Waals surface area contributed by atoms with E-state index in [1.165, 1.54) is 0 Å². The highest BCUT2D eigenvalue weighted by molar-refractivity contribution is 9.09. The van der Waals surface area contributed by atoms with Gasteiger partial charge >= 0.3 is 0 Å². The lowest BCUT2D eigenvalue weighted by Gasteiger charge is -2.19. The molecule has 0 amide bonds. The van der Waals surface area contributed by atoms with E-state index in [4.69, 9.17) is 0 Å². The molecule has 3 nitrogen and oxygen atoms in total. The van der Waals surface area contributed by atoms with Crippen molar-refractivity contribution in [2.24, 2.45) is 5.92 Å². The molecule has 0 heterocycles. The molecule has 2 aliphatic rings. The first-order valence-electron chi connectivity index (χ1n) is 5.22. The molecule has 0 N–H and O–H groups in total. The van der Waals surface area contributed by atoms with Gasteiger partial charge in [0.1, 0.15) is 0 Å². The van der Waals surface area contributed by atoms with Crippen molar-refractivity contribution in [1.82, 2.24) is 0 Å². The van der Waals surface area contributed by atoms with Crippen LogP contribution < -0.4 is 0 Å². The number of alkyl halides is 1. The van der Waals surface area contributed by atoms with Gasteiger partial charge in [0.05, 0.1) is 10.8 Å². The normalized spacial score (nSPS) is 28.6. The summed E-state index contributed by atoms with van der Waals surface area (Å²) in [7, 11) is 0. The zero-order chi connectivity index (χ0) is 11.5. The lowest BCUT2D eigenvalue weighted by molar-refractivity contribution is -0.432. The van der Waals surface area contributed by atoms with E-state index in [1.807, 2.05) is 18.2 Å². The monoisotopic (exact) mass is 281 g/mol. The maximum atomic E-state index is 10.9. The van der Waals surface area contributed by atoms with Gasteiger partial charge in [-0.25, -0.2) is 0 Å². The molecule has 2 rings (SSSR count). The van der Waals surface area contributed by atoms with Crippen LogP contribution in [0.1, 0.15) is 12.8 Å². The van der Waals surface area contributed by atoms with Gasteiger partial charge in [0.25, 0.3) is 5.70 Å². The van der Waals surface area contributed by atoms with Crippen molar-refractivity contribution in [2.75, 3.05) is 0 Å². The van der Waals surface area contributed by atoms with Crippen molar-refractivity contribution >= 4 is 15.9 Å². The van der Waals surface area contributed by atoms with Crippen molar-refractivity contribution in [3.8, 4) is 0 Å². The Kier molecular flexibility index (Phi) is 3.39. The summed E-state index contributed by atoms with van der Waals surface area (Å²) < 4.78 is 0. The molecule has 16 heavy (non-hydrogen) atoms. The summed E-state index contributed by atoms with van der Waals surface area (Å²) in [4.78, 5) is 11.0. The van der Waals surface area contributed by atoms with Gasteiger partial charge in [0.2, 0.25) is 0 Å².